The maximum absolute atomic E-state index is 12.9. The van der Waals surface area contributed by atoms with Crippen molar-refractivity contribution in [3.8, 4) is 5.75 Å². The maximum atomic E-state index is 12.9. The number of benzene rings is 2. The number of methoxy groups -OCH3 is 1. The van der Waals surface area contributed by atoms with Crippen molar-refractivity contribution in [3.05, 3.63) is 63.8 Å². The molecule has 0 bridgehead atoms. The number of nitro benzene ring substituents is 1. The summed E-state index contributed by atoms with van der Waals surface area (Å²) in [6.07, 6.45) is 2.54. The number of rotatable bonds is 4. The molecule has 0 aliphatic carbocycles. The Morgan fingerprint density at radius 1 is 1.31 bits per heavy atom. The van der Waals surface area contributed by atoms with E-state index in [1.807, 2.05) is 30.5 Å². The minimum absolute atomic E-state index is 0.0643. The van der Waals surface area contributed by atoms with Gasteiger partial charge in [0.15, 0.2) is 0 Å². The second kappa shape index (κ2) is 6.18. The summed E-state index contributed by atoms with van der Waals surface area (Å²) in [5.41, 5.74) is 2.85. The van der Waals surface area contributed by atoms with Gasteiger partial charge in [-0.2, -0.15) is 0 Å². The number of carbonyl (C=O) groups excluding carboxylic acids is 1. The van der Waals surface area contributed by atoms with E-state index in [4.69, 9.17) is 4.74 Å². The number of carbonyl (C=O) groups is 1. The summed E-state index contributed by atoms with van der Waals surface area (Å²) in [5.74, 6) is 0.415. The molecule has 0 unspecified atom stereocenters. The lowest BCUT2D eigenvalue weighted by atomic mass is 10.1. The summed E-state index contributed by atoms with van der Waals surface area (Å²) in [5, 5.41) is 12.4. The summed E-state index contributed by atoms with van der Waals surface area (Å²) in [6, 6.07) is 10.7. The average molecular weight is 351 g/mol. The van der Waals surface area contributed by atoms with Crippen LogP contribution in [0.3, 0.4) is 0 Å². The second-order valence-corrected chi connectivity index (χ2v) is 6.20. The third-order valence-electron chi connectivity index (χ3n) is 4.81. The van der Waals surface area contributed by atoms with Gasteiger partial charge in [-0.05, 0) is 24.1 Å². The Balaban J connectivity index is 1.70. The Morgan fingerprint density at radius 3 is 2.88 bits per heavy atom. The van der Waals surface area contributed by atoms with E-state index in [0.29, 0.717) is 30.0 Å². The van der Waals surface area contributed by atoms with Crippen LogP contribution in [0.4, 0.5) is 11.4 Å². The van der Waals surface area contributed by atoms with Gasteiger partial charge in [-0.3, -0.25) is 14.9 Å². The van der Waals surface area contributed by atoms with Gasteiger partial charge in [-0.15, -0.1) is 0 Å². The van der Waals surface area contributed by atoms with Gasteiger partial charge < -0.3 is 14.6 Å². The molecule has 2 heterocycles. The Morgan fingerprint density at radius 2 is 2.12 bits per heavy atom. The fourth-order valence-corrected chi connectivity index (χ4v) is 3.61. The van der Waals surface area contributed by atoms with Crippen LogP contribution in [0.2, 0.25) is 0 Å². The number of ether oxygens (including phenoxy) is 1. The zero-order valence-corrected chi connectivity index (χ0v) is 14.2. The van der Waals surface area contributed by atoms with Gasteiger partial charge in [0.2, 0.25) is 5.91 Å². The molecular formula is C19H17N3O4. The first-order valence-corrected chi connectivity index (χ1v) is 8.29. The number of hydrogen-bond acceptors (Lipinski definition) is 4. The van der Waals surface area contributed by atoms with Crippen molar-refractivity contribution in [2.24, 2.45) is 0 Å². The Bertz CT molecular complexity index is 1020. The van der Waals surface area contributed by atoms with Crippen molar-refractivity contribution in [1.29, 1.82) is 0 Å². The monoisotopic (exact) mass is 351 g/mol. The first-order chi connectivity index (χ1) is 12.6. The molecule has 26 heavy (non-hydrogen) atoms. The highest BCUT2D eigenvalue weighted by atomic mass is 16.6. The first kappa shape index (κ1) is 16.1. The molecule has 1 N–H and O–H groups in total. The zero-order chi connectivity index (χ0) is 18.3. The highest BCUT2D eigenvalue weighted by Gasteiger charge is 2.34. The standard InChI is InChI=1S/C19H17N3O4/c1-26-17-7-6-16(22(24)25)19-14(17)8-9-21(19)18(23)10-12-11-20-15-5-3-2-4-13(12)15/h2-7,11,20H,8-10H2,1H3. The number of amides is 1. The zero-order valence-electron chi connectivity index (χ0n) is 14.2. The highest BCUT2D eigenvalue weighted by Crippen LogP contribution is 2.42. The van der Waals surface area contributed by atoms with Crippen molar-refractivity contribution in [1.82, 2.24) is 4.98 Å². The SMILES string of the molecule is COc1ccc([N+](=O)[O-])c2c1CCN2C(=O)Cc1c[nH]c2ccccc12. The molecule has 0 saturated heterocycles. The number of anilines is 1. The third-order valence-corrected chi connectivity index (χ3v) is 4.81. The van der Waals surface area contributed by atoms with Crippen molar-refractivity contribution < 1.29 is 14.5 Å². The summed E-state index contributed by atoms with van der Waals surface area (Å²) in [6.45, 7) is 0.414. The number of nitro groups is 1. The quantitative estimate of drug-likeness (QED) is 0.577. The largest absolute Gasteiger partial charge is 0.496 e. The maximum Gasteiger partial charge on any atom is 0.293 e. The van der Waals surface area contributed by atoms with E-state index < -0.39 is 4.92 Å². The fourth-order valence-electron chi connectivity index (χ4n) is 3.61. The molecule has 0 spiro atoms. The topological polar surface area (TPSA) is 88.5 Å². The van der Waals surface area contributed by atoms with Crippen LogP contribution in [-0.2, 0) is 17.6 Å². The van der Waals surface area contributed by atoms with Crippen LogP contribution in [0.1, 0.15) is 11.1 Å². The van der Waals surface area contributed by atoms with Gasteiger partial charge in [0.05, 0.1) is 18.5 Å². The van der Waals surface area contributed by atoms with Crippen LogP contribution in [0.15, 0.2) is 42.6 Å². The second-order valence-electron chi connectivity index (χ2n) is 6.20. The van der Waals surface area contributed by atoms with E-state index in [-0.39, 0.29) is 18.0 Å². The van der Waals surface area contributed by atoms with Gasteiger partial charge in [0, 0.05) is 35.3 Å². The third kappa shape index (κ3) is 2.48. The van der Waals surface area contributed by atoms with E-state index in [9.17, 15) is 14.9 Å². The lowest BCUT2D eigenvalue weighted by Gasteiger charge is -2.17. The number of aromatic amines is 1. The van der Waals surface area contributed by atoms with Crippen LogP contribution in [0.5, 0.6) is 5.75 Å². The molecule has 2 aromatic carbocycles. The normalized spacial score (nSPS) is 13.0. The van der Waals surface area contributed by atoms with Crippen LogP contribution in [-0.4, -0.2) is 29.5 Å². The molecule has 3 aromatic rings. The fraction of sp³-hybridized carbons (Fsp3) is 0.211. The summed E-state index contributed by atoms with van der Waals surface area (Å²) in [7, 11) is 1.53. The van der Waals surface area contributed by atoms with E-state index in [2.05, 4.69) is 4.98 Å². The van der Waals surface area contributed by atoms with E-state index >= 15 is 0 Å². The van der Waals surface area contributed by atoms with Gasteiger partial charge in [0.25, 0.3) is 5.69 Å². The number of hydrogen-bond donors (Lipinski definition) is 1. The molecule has 1 amide bonds. The minimum atomic E-state index is -0.449. The van der Waals surface area contributed by atoms with Crippen molar-refractivity contribution >= 4 is 28.2 Å². The molecule has 1 aromatic heterocycles. The van der Waals surface area contributed by atoms with Gasteiger partial charge in [-0.25, -0.2) is 0 Å². The van der Waals surface area contributed by atoms with Gasteiger partial charge >= 0.3 is 0 Å². The lowest BCUT2D eigenvalue weighted by molar-refractivity contribution is -0.384. The number of aromatic nitrogens is 1. The summed E-state index contributed by atoms with van der Waals surface area (Å²) in [4.78, 5) is 28.6. The number of H-pyrrole nitrogens is 1. The van der Waals surface area contributed by atoms with Crippen molar-refractivity contribution in [2.75, 3.05) is 18.6 Å². The number of para-hydroxylation sites is 1. The molecule has 1 aliphatic heterocycles. The van der Waals surface area contributed by atoms with Crippen LogP contribution < -0.4 is 9.64 Å². The smallest absolute Gasteiger partial charge is 0.293 e. The molecule has 0 fully saturated rings. The Hall–Kier alpha value is -3.35. The average Bonchev–Trinajstić information content (AvgIpc) is 3.25. The van der Waals surface area contributed by atoms with Gasteiger partial charge in [0.1, 0.15) is 11.4 Å². The van der Waals surface area contributed by atoms with Crippen LogP contribution in [0.25, 0.3) is 10.9 Å². The van der Waals surface area contributed by atoms with E-state index in [1.165, 1.54) is 18.1 Å². The molecular weight excluding hydrogens is 334 g/mol. The molecule has 0 atom stereocenters. The molecule has 4 rings (SSSR count). The molecule has 0 saturated carbocycles. The molecule has 0 radical (unpaired) electrons. The number of nitrogens with one attached hydrogen (secondary N) is 1. The summed E-state index contributed by atoms with van der Waals surface area (Å²) >= 11 is 0. The Labute approximate surface area is 149 Å². The van der Waals surface area contributed by atoms with Crippen LogP contribution in [0, 0.1) is 10.1 Å². The predicted octanol–water partition coefficient (Wildman–Crippen LogP) is 3.22. The van der Waals surface area contributed by atoms with Crippen LogP contribution >= 0.6 is 0 Å². The highest BCUT2D eigenvalue weighted by molar-refractivity contribution is 6.01. The molecule has 132 valence electrons. The predicted molar refractivity (Wildman–Crippen MR) is 97.7 cm³/mol. The Kier molecular flexibility index (Phi) is 3.84. The van der Waals surface area contributed by atoms with Crippen molar-refractivity contribution in [3.63, 3.8) is 0 Å². The minimum Gasteiger partial charge on any atom is -0.496 e. The summed E-state index contributed by atoms with van der Waals surface area (Å²) < 4.78 is 5.32. The van der Waals surface area contributed by atoms with E-state index in [0.717, 1.165) is 16.5 Å². The van der Waals surface area contributed by atoms with E-state index in [1.54, 1.807) is 6.07 Å². The number of fused-ring (bicyclic) bond motifs is 2. The van der Waals surface area contributed by atoms with Gasteiger partial charge in [-0.1, -0.05) is 18.2 Å². The molecule has 7 nitrogen and oxygen atoms in total. The first-order valence-electron chi connectivity index (χ1n) is 8.29. The van der Waals surface area contributed by atoms with Crippen molar-refractivity contribution in [2.45, 2.75) is 12.8 Å². The molecule has 1 aliphatic rings. The molecule has 7 heteroatoms. The lowest BCUT2D eigenvalue weighted by Crippen LogP contribution is -2.30. The number of nitrogens with zero attached hydrogens (tertiary/aromatic N) is 2.